The van der Waals surface area contributed by atoms with E-state index in [0.717, 1.165) is 24.2 Å². The number of halogens is 1. The lowest BCUT2D eigenvalue weighted by Crippen LogP contribution is -2.43. The molecule has 2 N–H and O–H groups in total. The summed E-state index contributed by atoms with van der Waals surface area (Å²) in [6.45, 7) is 1.01. The van der Waals surface area contributed by atoms with Gasteiger partial charge in [-0.1, -0.05) is 41.9 Å². The predicted molar refractivity (Wildman–Crippen MR) is 121 cm³/mol. The van der Waals surface area contributed by atoms with Crippen LogP contribution in [0.2, 0.25) is 5.02 Å². The second kappa shape index (κ2) is 9.28. The number of aromatic nitrogens is 1. The van der Waals surface area contributed by atoms with E-state index >= 15 is 0 Å². The Kier molecular flexibility index (Phi) is 6.30. The molecule has 2 amide bonds. The number of piperidine rings is 1. The van der Waals surface area contributed by atoms with Crippen molar-refractivity contribution in [1.29, 1.82) is 0 Å². The van der Waals surface area contributed by atoms with Gasteiger partial charge in [0.05, 0.1) is 16.6 Å². The fourth-order valence-corrected chi connectivity index (χ4v) is 4.29. The Morgan fingerprint density at radius 1 is 1.10 bits per heavy atom. The number of hydrogen-bond donors (Lipinski definition) is 2. The van der Waals surface area contributed by atoms with Crippen LogP contribution in [-0.4, -0.2) is 34.8 Å². The molecular formula is C22H21ClN4O2S. The summed E-state index contributed by atoms with van der Waals surface area (Å²) in [5.74, 6) is -0.448. The minimum absolute atomic E-state index is 0.0574. The zero-order chi connectivity index (χ0) is 20.9. The molecule has 0 saturated carbocycles. The van der Waals surface area contributed by atoms with Gasteiger partial charge in [-0.15, -0.1) is 11.3 Å². The fourth-order valence-electron chi connectivity index (χ4n) is 3.41. The Bertz CT molecular complexity index is 1040. The molecule has 1 atom stereocenters. The molecule has 1 aromatic heterocycles. The Morgan fingerprint density at radius 2 is 1.87 bits per heavy atom. The van der Waals surface area contributed by atoms with Crippen molar-refractivity contribution in [2.75, 3.05) is 23.7 Å². The molecule has 1 saturated heterocycles. The number of benzene rings is 2. The molecule has 0 radical (unpaired) electrons. The minimum Gasteiger partial charge on any atom is -0.336 e. The van der Waals surface area contributed by atoms with Crippen molar-refractivity contribution in [1.82, 2.24) is 9.88 Å². The van der Waals surface area contributed by atoms with E-state index in [0.29, 0.717) is 28.9 Å². The van der Waals surface area contributed by atoms with Crippen molar-refractivity contribution in [2.24, 2.45) is 5.92 Å². The lowest BCUT2D eigenvalue weighted by atomic mass is 9.96. The third kappa shape index (κ3) is 4.80. The highest BCUT2D eigenvalue weighted by Crippen LogP contribution is 2.28. The van der Waals surface area contributed by atoms with E-state index in [4.69, 9.17) is 11.6 Å². The van der Waals surface area contributed by atoms with E-state index in [1.54, 1.807) is 16.3 Å². The third-order valence-corrected chi connectivity index (χ3v) is 6.05. The Morgan fingerprint density at radius 3 is 2.67 bits per heavy atom. The van der Waals surface area contributed by atoms with E-state index in [9.17, 15) is 9.59 Å². The van der Waals surface area contributed by atoms with Crippen molar-refractivity contribution in [3.63, 3.8) is 0 Å². The Hall–Kier alpha value is -2.90. The maximum absolute atomic E-state index is 12.9. The number of anilines is 3. The van der Waals surface area contributed by atoms with Crippen molar-refractivity contribution < 1.29 is 9.59 Å². The summed E-state index contributed by atoms with van der Waals surface area (Å²) < 4.78 is 0. The monoisotopic (exact) mass is 440 g/mol. The highest BCUT2D eigenvalue weighted by atomic mass is 35.5. The van der Waals surface area contributed by atoms with E-state index in [-0.39, 0.29) is 17.7 Å². The normalized spacial score (nSPS) is 16.2. The first-order valence-corrected chi connectivity index (χ1v) is 11.0. The molecule has 6 nitrogen and oxygen atoms in total. The van der Waals surface area contributed by atoms with Gasteiger partial charge in [-0.05, 0) is 37.1 Å². The van der Waals surface area contributed by atoms with Gasteiger partial charge in [0.25, 0.3) is 5.91 Å². The molecule has 2 aromatic carbocycles. The molecule has 2 heterocycles. The van der Waals surface area contributed by atoms with Gasteiger partial charge >= 0.3 is 0 Å². The highest BCUT2D eigenvalue weighted by molar-refractivity contribution is 7.14. The third-order valence-electron chi connectivity index (χ3n) is 4.96. The number of carbonyl (C=O) groups is 2. The number of hydrogen-bond acceptors (Lipinski definition) is 5. The molecule has 0 spiro atoms. The van der Waals surface area contributed by atoms with E-state index in [2.05, 4.69) is 15.6 Å². The lowest BCUT2D eigenvalue weighted by Gasteiger charge is -2.31. The van der Waals surface area contributed by atoms with Gasteiger partial charge in [0.2, 0.25) is 5.91 Å². The van der Waals surface area contributed by atoms with Crippen molar-refractivity contribution in [3.8, 4) is 0 Å². The summed E-state index contributed by atoms with van der Waals surface area (Å²) >= 11 is 7.52. The SMILES string of the molecule is O=C(Nc1ccccc1)[C@@H]1CCCN(C(=O)c2csc(Nc3ccccc3Cl)n2)C1. The molecule has 4 rings (SSSR count). The second-order valence-electron chi connectivity index (χ2n) is 7.09. The van der Waals surface area contributed by atoms with Crippen LogP contribution in [-0.2, 0) is 4.79 Å². The van der Waals surface area contributed by atoms with Gasteiger partial charge in [0, 0.05) is 24.2 Å². The van der Waals surface area contributed by atoms with Crippen LogP contribution in [0.5, 0.6) is 0 Å². The quantitative estimate of drug-likeness (QED) is 0.583. The van der Waals surface area contributed by atoms with Crippen LogP contribution in [0.3, 0.4) is 0 Å². The van der Waals surface area contributed by atoms with Crippen molar-refractivity contribution in [3.05, 3.63) is 70.7 Å². The maximum atomic E-state index is 12.9. The zero-order valence-electron chi connectivity index (χ0n) is 16.2. The summed E-state index contributed by atoms with van der Waals surface area (Å²) in [4.78, 5) is 31.7. The summed E-state index contributed by atoms with van der Waals surface area (Å²) in [5, 5.41) is 9.00. The molecule has 0 bridgehead atoms. The van der Waals surface area contributed by atoms with E-state index < -0.39 is 0 Å². The molecule has 0 unspecified atom stereocenters. The first kappa shape index (κ1) is 20.4. The van der Waals surface area contributed by atoms with Crippen LogP contribution in [0.4, 0.5) is 16.5 Å². The van der Waals surface area contributed by atoms with Gasteiger partial charge in [0.1, 0.15) is 5.69 Å². The molecule has 0 aliphatic carbocycles. The number of para-hydroxylation sites is 2. The number of thiazole rings is 1. The van der Waals surface area contributed by atoms with Gasteiger partial charge in [-0.25, -0.2) is 4.98 Å². The van der Waals surface area contributed by atoms with Crippen LogP contribution in [0, 0.1) is 5.92 Å². The Balaban J connectivity index is 1.39. The van der Waals surface area contributed by atoms with Crippen LogP contribution >= 0.6 is 22.9 Å². The average Bonchev–Trinajstić information content (AvgIpc) is 3.24. The topological polar surface area (TPSA) is 74.3 Å². The van der Waals surface area contributed by atoms with Gasteiger partial charge in [0.15, 0.2) is 5.13 Å². The molecule has 154 valence electrons. The maximum Gasteiger partial charge on any atom is 0.273 e. The highest BCUT2D eigenvalue weighted by Gasteiger charge is 2.30. The minimum atomic E-state index is -0.234. The Labute approximate surface area is 183 Å². The number of nitrogens with one attached hydrogen (secondary N) is 2. The molecule has 1 aliphatic heterocycles. The van der Waals surface area contributed by atoms with Crippen LogP contribution < -0.4 is 10.6 Å². The zero-order valence-corrected chi connectivity index (χ0v) is 17.7. The smallest absolute Gasteiger partial charge is 0.273 e. The number of carbonyl (C=O) groups excluding carboxylic acids is 2. The number of nitrogens with zero attached hydrogens (tertiary/aromatic N) is 2. The molecule has 1 aliphatic rings. The predicted octanol–water partition coefficient (Wildman–Crippen LogP) is 5.03. The molecule has 3 aromatic rings. The molecular weight excluding hydrogens is 420 g/mol. The number of rotatable bonds is 5. The summed E-state index contributed by atoms with van der Waals surface area (Å²) in [7, 11) is 0. The average molecular weight is 441 g/mol. The first-order valence-electron chi connectivity index (χ1n) is 9.72. The van der Waals surface area contributed by atoms with Gasteiger partial charge in [-0.3, -0.25) is 9.59 Å². The van der Waals surface area contributed by atoms with Gasteiger partial charge in [-0.2, -0.15) is 0 Å². The lowest BCUT2D eigenvalue weighted by molar-refractivity contribution is -0.121. The fraction of sp³-hybridized carbons (Fsp3) is 0.227. The van der Waals surface area contributed by atoms with Crippen molar-refractivity contribution in [2.45, 2.75) is 12.8 Å². The van der Waals surface area contributed by atoms with Gasteiger partial charge < -0.3 is 15.5 Å². The number of likely N-dealkylation sites (tertiary alicyclic amines) is 1. The standard InChI is InChI=1S/C22H21ClN4O2S/c23-17-10-4-5-11-18(17)25-22-26-19(14-30-22)21(29)27-12-6-7-15(13-27)20(28)24-16-8-2-1-3-9-16/h1-5,8-11,14-15H,6-7,12-13H2,(H,24,28)(H,25,26)/t15-/m1/s1. The van der Waals surface area contributed by atoms with Crippen LogP contribution in [0.25, 0.3) is 0 Å². The van der Waals surface area contributed by atoms with Crippen molar-refractivity contribution >= 4 is 51.3 Å². The molecule has 1 fully saturated rings. The largest absolute Gasteiger partial charge is 0.336 e. The summed E-state index contributed by atoms with van der Waals surface area (Å²) in [6, 6.07) is 16.7. The molecule has 8 heteroatoms. The second-order valence-corrected chi connectivity index (χ2v) is 8.35. The summed E-state index contributed by atoms with van der Waals surface area (Å²) in [6.07, 6.45) is 1.55. The van der Waals surface area contributed by atoms with E-state index in [1.807, 2.05) is 48.5 Å². The molecule has 30 heavy (non-hydrogen) atoms. The number of amides is 2. The van der Waals surface area contributed by atoms with Crippen LogP contribution in [0.1, 0.15) is 23.3 Å². The van der Waals surface area contributed by atoms with Crippen LogP contribution in [0.15, 0.2) is 60.0 Å². The first-order chi connectivity index (χ1) is 14.6. The summed E-state index contributed by atoms with van der Waals surface area (Å²) in [5.41, 5.74) is 1.88. The van der Waals surface area contributed by atoms with E-state index in [1.165, 1.54) is 11.3 Å².